The van der Waals surface area contributed by atoms with Crippen molar-refractivity contribution in [3.8, 4) is 5.82 Å². The number of hydrogen-bond acceptors (Lipinski definition) is 7. The minimum Gasteiger partial charge on any atom is -0.350 e. The van der Waals surface area contributed by atoms with Gasteiger partial charge in [0, 0.05) is 18.3 Å². The van der Waals surface area contributed by atoms with Gasteiger partial charge in [0.25, 0.3) is 0 Å². The molecule has 0 spiro atoms. The van der Waals surface area contributed by atoms with Gasteiger partial charge in [0.05, 0.1) is 12.1 Å². The van der Waals surface area contributed by atoms with Crippen molar-refractivity contribution in [1.29, 1.82) is 0 Å². The van der Waals surface area contributed by atoms with Gasteiger partial charge < -0.3 is 5.32 Å². The Morgan fingerprint density at radius 1 is 1.21 bits per heavy atom. The molecule has 0 fully saturated rings. The topological polar surface area (TPSA) is 99.2 Å². The number of fused-ring (bicyclic) bond motifs is 1. The molecule has 1 unspecified atom stereocenters. The molecule has 0 aliphatic heterocycles. The molecule has 4 rings (SSSR count). The minimum atomic E-state index is 0.0921. The molecule has 0 bridgehead atoms. The summed E-state index contributed by atoms with van der Waals surface area (Å²) in [4.78, 5) is 12.7. The number of anilines is 1. The summed E-state index contributed by atoms with van der Waals surface area (Å²) in [5.74, 6) is 1.19. The zero-order valence-electron chi connectivity index (χ0n) is 13.0. The van der Waals surface area contributed by atoms with Crippen LogP contribution in [0.4, 0.5) is 5.95 Å². The summed E-state index contributed by atoms with van der Waals surface area (Å²) >= 11 is 0. The predicted octanol–water partition coefficient (Wildman–Crippen LogP) is 1.30. The van der Waals surface area contributed by atoms with E-state index in [-0.39, 0.29) is 6.04 Å². The third-order valence-corrected chi connectivity index (χ3v) is 3.51. The van der Waals surface area contributed by atoms with Crippen molar-refractivity contribution in [2.75, 3.05) is 5.32 Å². The molecule has 120 valence electrons. The molecule has 3 aromatic heterocycles. The molecular weight excluding hydrogens is 306 g/mol. The van der Waals surface area contributed by atoms with Crippen LogP contribution in [0.3, 0.4) is 0 Å². The average molecular weight is 321 g/mol. The fourth-order valence-electron chi connectivity index (χ4n) is 2.45. The maximum Gasteiger partial charge on any atom is 0.224 e. The number of nitrogens with one attached hydrogen (secondary N) is 1. The molecule has 0 amide bonds. The Bertz CT molecular complexity index is 944. The normalized spacial score (nSPS) is 12.4. The Labute approximate surface area is 137 Å². The van der Waals surface area contributed by atoms with Gasteiger partial charge in [0.1, 0.15) is 18.2 Å². The predicted molar refractivity (Wildman–Crippen MR) is 87.6 cm³/mol. The van der Waals surface area contributed by atoms with Crippen molar-refractivity contribution in [2.24, 2.45) is 0 Å². The smallest absolute Gasteiger partial charge is 0.224 e. The van der Waals surface area contributed by atoms with Crippen LogP contribution in [-0.2, 0) is 6.54 Å². The number of aromatic nitrogens is 8. The van der Waals surface area contributed by atoms with Gasteiger partial charge in [-0.05, 0) is 19.1 Å². The lowest BCUT2D eigenvalue weighted by molar-refractivity contribution is 0.556. The molecule has 0 aliphatic rings. The van der Waals surface area contributed by atoms with Gasteiger partial charge in [0.2, 0.25) is 5.95 Å². The van der Waals surface area contributed by atoms with E-state index in [2.05, 4.69) is 35.7 Å². The third-order valence-electron chi connectivity index (χ3n) is 3.51. The number of rotatable bonds is 5. The highest BCUT2D eigenvalue weighted by atomic mass is 15.4. The molecule has 1 atom stereocenters. The number of benzene rings is 1. The van der Waals surface area contributed by atoms with Crippen molar-refractivity contribution >= 4 is 17.0 Å². The molecule has 0 aliphatic carbocycles. The lowest BCUT2D eigenvalue weighted by Crippen LogP contribution is -2.23. The maximum atomic E-state index is 4.53. The van der Waals surface area contributed by atoms with Gasteiger partial charge in [-0.3, -0.25) is 4.68 Å². The molecule has 1 N–H and O–H groups in total. The van der Waals surface area contributed by atoms with Crippen molar-refractivity contribution in [1.82, 2.24) is 39.7 Å². The molecule has 3 heterocycles. The number of para-hydroxylation sites is 1. The van der Waals surface area contributed by atoms with Crippen LogP contribution >= 0.6 is 0 Å². The monoisotopic (exact) mass is 321 g/mol. The minimum absolute atomic E-state index is 0.0921. The van der Waals surface area contributed by atoms with E-state index in [1.165, 1.54) is 6.33 Å². The standard InChI is InChI=1S/C15H15N9/c1-11(8-23-10-16-9-18-23)19-15-17-7-6-14(20-15)24-13-5-3-2-4-12(13)21-22-24/h2-7,9-11H,8H2,1H3,(H,17,19,20). The largest absolute Gasteiger partial charge is 0.350 e. The average Bonchev–Trinajstić information content (AvgIpc) is 3.24. The molecule has 0 saturated heterocycles. The maximum absolute atomic E-state index is 4.53. The lowest BCUT2D eigenvalue weighted by Gasteiger charge is -2.13. The molecule has 9 heteroatoms. The van der Waals surface area contributed by atoms with Crippen LogP contribution < -0.4 is 5.32 Å². The molecule has 24 heavy (non-hydrogen) atoms. The first-order valence-corrected chi connectivity index (χ1v) is 7.52. The molecule has 0 radical (unpaired) electrons. The van der Waals surface area contributed by atoms with E-state index in [0.717, 1.165) is 11.0 Å². The number of hydrogen-bond donors (Lipinski definition) is 1. The van der Waals surface area contributed by atoms with Gasteiger partial charge >= 0.3 is 0 Å². The van der Waals surface area contributed by atoms with Crippen molar-refractivity contribution in [2.45, 2.75) is 19.5 Å². The van der Waals surface area contributed by atoms with Gasteiger partial charge in [-0.2, -0.15) is 14.8 Å². The van der Waals surface area contributed by atoms with Crippen molar-refractivity contribution in [3.05, 3.63) is 49.2 Å². The molecular formula is C15H15N9. The SMILES string of the molecule is CC(Cn1cncn1)Nc1nccc(-n2nnc3ccccc32)n1. The Morgan fingerprint density at radius 2 is 2.12 bits per heavy atom. The molecule has 4 aromatic rings. The van der Waals surface area contributed by atoms with Crippen LogP contribution in [0.15, 0.2) is 49.2 Å². The van der Waals surface area contributed by atoms with Crippen LogP contribution in [0, 0.1) is 0 Å². The summed E-state index contributed by atoms with van der Waals surface area (Å²) < 4.78 is 3.46. The first-order chi connectivity index (χ1) is 11.8. The summed E-state index contributed by atoms with van der Waals surface area (Å²) in [5.41, 5.74) is 1.72. The summed E-state index contributed by atoms with van der Waals surface area (Å²) in [6.45, 7) is 2.70. The summed E-state index contributed by atoms with van der Waals surface area (Å²) in [7, 11) is 0. The van der Waals surface area contributed by atoms with Crippen molar-refractivity contribution < 1.29 is 0 Å². The van der Waals surface area contributed by atoms with Gasteiger partial charge in [0.15, 0.2) is 5.82 Å². The lowest BCUT2D eigenvalue weighted by atomic mass is 10.3. The first-order valence-electron chi connectivity index (χ1n) is 7.52. The molecule has 1 aromatic carbocycles. The van der Waals surface area contributed by atoms with Crippen LogP contribution in [0.5, 0.6) is 0 Å². The van der Waals surface area contributed by atoms with E-state index in [0.29, 0.717) is 18.3 Å². The van der Waals surface area contributed by atoms with E-state index >= 15 is 0 Å². The van der Waals surface area contributed by atoms with Crippen LogP contribution in [0.25, 0.3) is 16.9 Å². The Balaban J connectivity index is 1.57. The first kappa shape index (κ1) is 14.2. The quantitative estimate of drug-likeness (QED) is 0.591. The van der Waals surface area contributed by atoms with Gasteiger partial charge in [-0.15, -0.1) is 5.10 Å². The van der Waals surface area contributed by atoms with Crippen LogP contribution in [0.2, 0.25) is 0 Å². The van der Waals surface area contributed by atoms with Crippen molar-refractivity contribution in [3.63, 3.8) is 0 Å². The van der Waals surface area contributed by atoms with E-state index in [4.69, 9.17) is 0 Å². The number of nitrogens with zero attached hydrogens (tertiary/aromatic N) is 8. The zero-order chi connectivity index (χ0) is 16.4. The van der Waals surface area contributed by atoms with E-state index < -0.39 is 0 Å². The van der Waals surface area contributed by atoms with E-state index in [1.54, 1.807) is 28.0 Å². The highest BCUT2D eigenvalue weighted by Gasteiger charge is 2.10. The second-order valence-corrected chi connectivity index (χ2v) is 5.39. The second-order valence-electron chi connectivity index (χ2n) is 5.39. The highest BCUT2D eigenvalue weighted by molar-refractivity contribution is 5.75. The summed E-state index contributed by atoms with van der Waals surface area (Å²) in [6.07, 6.45) is 4.89. The Hall–Kier alpha value is -3.36. The third kappa shape index (κ3) is 2.78. The summed E-state index contributed by atoms with van der Waals surface area (Å²) in [6, 6.07) is 9.64. The zero-order valence-corrected chi connectivity index (χ0v) is 13.0. The Kier molecular flexibility index (Phi) is 3.58. The molecule has 9 nitrogen and oxygen atoms in total. The van der Waals surface area contributed by atoms with Gasteiger partial charge in [-0.1, -0.05) is 17.3 Å². The second kappa shape index (κ2) is 6.03. The Morgan fingerprint density at radius 3 is 3.00 bits per heavy atom. The van der Waals surface area contributed by atoms with Gasteiger partial charge in [-0.25, -0.2) is 9.97 Å². The fraction of sp³-hybridized carbons (Fsp3) is 0.200. The van der Waals surface area contributed by atoms with Crippen LogP contribution in [0.1, 0.15) is 6.92 Å². The van der Waals surface area contributed by atoms with E-state index in [9.17, 15) is 0 Å². The highest BCUT2D eigenvalue weighted by Crippen LogP contribution is 2.15. The van der Waals surface area contributed by atoms with Crippen LogP contribution in [-0.4, -0.2) is 45.8 Å². The fourth-order valence-corrected chi connectivity index (χ4v) is 2.45. The summed E-state index contributed by atoms with van der Waals surface area (Å²) in [5, 5.41) is 15.7. The molecule has 0 saturated carbocycles. The van der Waals surface area contributed by atoms with E-state index in [1.807, 2.05) is 31.2 Å².